The van der Waals surface area contributed by atoms with Gasteiger partial charge < -0.3 is 9.84 Å². The van der Waals surface area contributed by atoms with E-state index < -0.39 is 5.91 Å². The summed E-state index contributed by atoms with van der Waals surface area (Å²) in [5.41, 5.74) is 0.623. The first kappa shape index (κ1) is 11.5. The molecule has 0 aliphatic carbocycles. The zero-order valence-corrected chi connectivity index (χ0v) is 9.71. The number of aromatic hydroxyl groups is 1. The molecule has 1 aliphatic heterocycles. The lowest BCUT2D eigenvalue weighted by atomic mass is 10.1. The molecule has 1 heterocycles. The smallest absolute Gasteiger partial charge is 0.290 e. The average molecular weight is 251 g/mol. The highest BCUT2D eigenvalue weighted by atomic mass is 32.2. The normalized spacial score (nSPS) is 17.4. The van der Waals surface area contributed by atoms with Crippen LogP contribution < -0.4 is 10.1 Å². The van der Waals surface area contributed by atoms with E-state index in [1.54, 1.807) is 12.1 Å². The van der Waals surface area contributed by atoms with Gasteiger partial charge in [0.15, 0.2) is 0 Å². The SMILES string of the molecule is COc1cc(O)ccc1C=C1SC(=O)NC1=O. The fourth-order valence-corrected chi connectivity index (χ4v) is 2.05. The van der Waals surface area contributed by atoms with Crippen LogP contribution in [0.5, 0.6) is 11.5 Å². The Labute approximate surface area is 101 Å². The van der Waals surface area contributed by atoms with Gasteiger partial charge in [-0.25, -0.2) is 0 Å². The van der Waals surface area contributed by atoms with Crippen molar-refractivity contribution < 1.29 is 19.4 Å². The summed E-state index contributed by atoms with van der Waals surface area (Å²) < 4.78 is 5.07. The monoisotopic (exact) mass is 251 g/mol. The maximum atomic E-state index is 11.3. The number of amides is 2. The summed E-state index contributed by atoms with van der Waals surface area (Å²) in [6.07, 6.45) is 1.54. The number of benzene rings is 1. The molecule has 0 radical (unpaired) electrons. The van der Waals surface area contributed by atoms with Crippen LogP contribution in [0.3, 0.4) is 0 Å². The molecule has 2 N–H and O–H groups in total. The van der Waals surface area contributed by atoms with Crippen LogP contribution in [0.2, 0.25) is 0 Å². The van der Waals surface area contributed by atoms with Crippen LogP contribution in [0.15, 0.2) is 23.1 Å². The molecule has 17 heavy (non-hydrogen) atoms. The Kier molecular flexibility index (Phi) is 3.06. The highest BCUT2D eigenvalue weighted by Gasteiger charge is 2.25. The van der Waals surface area contributed by atoms with Gasteiger partial charge in [-0.2, -0.15) is 0 Å². The molecule has 0 aromatic heterocycles. The van der Waals surface area contributed by atoms with Crippen LogP contribution in [-0.4, -0.2) is 23.4 Å². The maximum Gasteiger partial charge on any atom is 0.290 e. The first-order chi connectivity index (χ1) is 8.10. The number of phenolic OH excluding ortho intramolecular Hbond substituents is 1. The van der Waals surface area contributed by atoms with Crippen molar-refractivity contribution in [3.63, 3.8) is 0 Å². The number of ether oxygens (including phenoxy) is 1. The molecular formula is C11H9NO4S. The summed E-state index contributed by atoms with van der Waals surface area (Å²) in [6, 6.07) is 4.53. The van der Waals surface area contributed by atoms with E-state index in [4.69, 9.17) is 4.74 Å². The van der Waals surface area contributed by atoms with Gasteiger partial charge in [0.2, 0.25) is 0 Å². The van der Waals surface area contributed by atoms with Crippen LogP contribution in [0.4, 0.5) is 4.79 Å². The summed E-state index contributed by atoms with van der Waals surface area (Å²) in [6.45, 7) is 0. The minimum absolute atomic E-state index is 0.0728. The first-order valence-electron chi connectivity index (χ1n) is 4.72. The van der Waals surface area contributed by atoms with Gasteiger partial charge in [-0.3, -0.25) is 14.9 Å². The van der Waals surface area contributed by atoms with Gasteiger partial charge in [0.1, 0.15) is 11.5 Å². The van der Waals surface area contributed by atoms with Gasteiger partial charge in [0, 0.05) is 11.6 Å². The molecular weight excluding hydrogens is 242 g/mol. The van der Waals surface area contributed by atoms with Gasteiger partial charge in [-0.1, -0.05) is 0 Å². The Morgan fingerprint density at radius 3 is 2.76 bits per heavy atom. The van der Waals surface area contributed by atoms with E-state index in [1.807, 2.05) is 0 Å². The van der Waals surface area contributed by atoms with E-state index >= 15 is 0 Å². The third-order valence-corrected chi connectivity index (χ3v) is 2.96. The zero-order chi connectivity index (χ0) is 12.4. The number of thioether (sulfide) groups is 1. The molecule has 1 aromatic carbocycles. The van der Waals surface area contributed by atoms with Crippen LogP contribution >= 0.6 is 11.8 Å². The summed E-state index contributed by atoms with van der Waals surface area (Å²) >= 11 is 0.835. The first-order valence-corrected chi connectivity index (χ1v) is 5.53. The van der Waals surface area contributed by atoms with Crippen molar-refractivity contribution in [2.45, 2.75) is 0 Å². The topological polar surface area (TPSA) is 75.6 Å². The van der Waals surface area contributed by atoms with Crippen LogP contribution in [0, 0.1) is 0 Å². The second kappa shape index (κ2) is 4.50. The number of nitrogens with one attached hydrogen (secondary N) is 1. The number of imide groups is 1. The molecule has 0 atom stereocenters. The van der Waals surface area contributed by atoms with Crippen LogP contribution in [-0.2, 0) is 4.79 Å². The van der Waals surface area contributed by atoms with E-state index in [-0.39, 0.29) is 11.0 Å². The molecule has 1 fully saturated rings. The Balaban J connectivity index is 2.38. The lowest BCUT2D eigenvalue weighted by molar-refractivity contribution is -0.115. The lowest BCUT2D eigenvalue weighted by Crippen LogP contribution is -2.17. The fraction of sp³-hybridized carbons (Fsp3) is 0.0909. The molecule has 1 saturated heterocycles. The Hall–Kier alpha value is -1.95. The van der Waals surface area contributed by atoms with Crippen molar-refractivity contribution >= 4 is 29.0 Å². The average Bonchev–Trinajstić information content (AvgIpc) is 2.60. The molecule has 0 bridgehead atoms. The van der Waals surface area contributed by atoms with Crippen molar-refractivity contribution in [2.75, 3.05) is 7.11 Å². The maximum absolute atomic E-state index is 11.3. The van der Waals surface area contributed by atoms with E-state index in [0.717, 1.165) is 11.8 Å². The number of methoxy groups -OCH3 is 1. The Morgan fingerprint density at radius 1 is 1.41 bits per heavy atom. The molecule has 2 amide bonds. The van der Waals surface area contributed by atoms with Crippen LogP contribution in [0.1, 0.15) is 5.56 Å². The number of phenols is 1. The number of carbonyl (C=O) groups is 2. The van der Waals surface area contributed by atoms with Crippen molar-refractivity contribution in [3.8, 4) is 11.5 Å². The highest BCUT2D eigenvalue weighted by molar-refractivity contribution is 8.18. The molecule has 5 nitrogen and oxygen atoms in total. The minimum Gasteiger partial charge on any atom is -0.508 e. The molecule has 0 saturated carbocycles. The van der Waals surface area contributed by atoms with Gasteiger partial charge in [-0.05, 0) is 30.0 Å². The number of hydrogen-bond donors (Lipinski definition) is 2. The third-order valence-electron chi connectivity index (χ3n) is 2.15. The van der Waals surface area contributed by atoms with Crippen molar-refractivity contribution in [2.24, 2.45) is 0 Å². The van der Waals surface area contributed by atoms with Crippen LogP contribution in [0.25, 0.3) is 6.08 Å². The van der Waals surface area contributed by atoms with Gasteiger partial charge in [0.25, 0.3) is 11.1 Å². The highest BCUT2D eigenvalue weighted by Crippen LogP contribution is 2.30. The summed E-state index contributed by atoms with van der Waals surface area (Å²) in [5.74, 6) is 0.0870. The molecule has 6 heteroatoms. The Morgan fingerprint density at radius 2 is 2.18 bits per heavy atom. The van der Waals surface area contributed by atoms with E-state index in [1.165, 1.54) is 19.2 Å². The largest absolute Gasteiger partial charge is 0.508 e. The molecule has 0 unspecified atom stereocenters. The minimum atomic E-state index is -0.421. The molecule has 2 rings (SSSR count). The standard InChI is InChI=1S/C11H9NO4S/c1-16-8-5-7(13)3-2-6(8)4-9-10(14)12-11(15)17-9/h2-5,13H,1H3,(H,12,14,15). The molecule has 1 aliphatic rings. The second-order valence-electron chi connectivity index (χ2n) is 3.28. The Bertz CT molecular complexity index is 524. The fourth-order valence-electron chi connectivity index (χ4n) is 1.38. The predicted molar refractivity (Wildman–Crippen MR) is 63.8 cm³/mol. The molecule has 88 valence electrons. The summed E-state index contributed by atoms with van der Waals surface area (Å²) in [4.78, 5) is 22.6. The summed E-state index contributed by atoms with van der Waals surface area (Å²) in [5, 5.41) is 11.1. The number of hydrogen-bond acceptors (Lipinski definition) is 5. The lowest BCUT2D eigenvalue weighted by Gasteiger charge is -2.05. The number of rotatable bonds is 2. The van der Waals surface area contributed by atoms with E-state index in [0.29, 0.717) is 16.2 Å². The van der Waals surface area contributed by atoms with Gasteiger partial charge >= 0.3 is 0 Å². The van der Waals surface area contributed by atoms with Gasteiger partial charge in [0.05, 0.1) is 12.0 Å². The number of carbonyl (C=O) groups excluding carboxylic acids is 2. The molecule has 0 spiro atoms. The van der Waals surface area contributed by atoms with Gasteiger partial charge in [-0.15, -0.1) is 0 Å². The second-order valence-corrected chi connectivity index (χ2v) is 4.29. The van der Waals surface area contributed by atoms with E-state index in [2.05, 4.69) is 5.32 Å². The van der Waals surface area contributed by atoms with Crippen molar-refractivity contribution in [1.29, 1.82) is 0 Å². The molecule has 1 aromatic rings. The predicted octanol–water partition coefficient (Wildman–Crippen LogP) is 1.72. The zero-order valence-electron chi connectivity index (χ0n) is 8.89. The van der Waals surface area contributed by atoms with Crippen molar-refractivity contribution in [1.82, 2.24) is 5.32 Å². The third kappa shape index (κ3) is 2.42. The quantitative estimate of drug-likeness (QED) is 0.783. The van der Waals surface area contributed by atoms with E-state index in [9.17, 15) is 14.7 Å². The summed E-state index contributed by atoms with van der Waals surface area (Å²) in [7, 11) is 1.46. The van der Waals surface area contributed by atoms with Crippen molar-refractivity contribution in [3.05, 3.63) is 28.7 Å².